The molecule has 2 aromatic carbocycles. The van der Waals surface area contributed by atoms with Crippen LogP contribution in [0.3, 0.4) is 0 Å². The second kappa shape index (κ2) is 7.23. The first-order chi connectivity index (χ1) is 13.6. The number of ether oxygens (including phenoxy) is 1. The number of halogens is 1. The number of aryl methyl sites for hydroxylation is 1. The maximum atomic E-state index is 13.4. The zero-order chi connectivity index (χ0) is 19.7. The van der Waals surface area contributed by atoms with E-state index in [0.29, 0.717) is 16.9 Å². The van der Waals surface area contributed by atoms with Crippen LogP contribution in [-0.4, -0.2) is 27.2 Å². The molecule has 4 rings (SSSR count). The van der Waals surface area contributed by atoms with Crippen LogP contribution in [0.25, 0.3) is 28.0 Å². The van der Waals surface area contributed by atoms with Crippen molar-refractivity contribution in [1.29, 1.82) is 0 Å². The van der Waals surface area contributed by atoms with Gasteiger partial charge in [0.25, 0.3) is 0 Å². The summed E-state index contributed by atoms with van der Waals surface area (Å²) in [5.74, 6) is -0.755. The standard InChI is InChI=1S/C22H18FN3O2/c1-3-28-22(27)19-14(2)25-26-20(16-7-5-4-6-8-16)18(13-24-21(19)26)15-9-11-17(23)12-10-15/h4-13H,3H2,1-2H3. The average molecular weight is 375 g/mol. The summed E-state index contributed by atoms with van der Waals surface area (Å²) in [5.41, 5.74) is 4.60. The molecular weight excluding hydrogens is 357 g/mol. The second-order valence-electron chi connectivity index (χ2n) is 6.31. The molecule has 0 N–H and O–H groups in total. The van der Waals surface area contributed by atoms with Gasteiger partial charge in [0.1, 0.15) is 11.4 Å². The number of esters is 1. The van der Waals surface area contributed by atoms with Crippen molar-refractivity contribution in [2.75, 3.05) is 6.61 Å². The second-order valence-corrected chi connectivity index (χ2v) is 6.31. The highest BCUT2D eigenvalue weighted by molar-refractivity contribution is 5.98. The van der Waals surface area contributed by atoms with Gasteiger partial charge in [0.05, 0.1) is 18.0 Å². The summed E-state index contributed by atoms with van der Waals surface area (Å²) >= 11 is 0. The highest BCUT2D eigenvalue weighted by Crippen LogP contribution is 2.33. The molecule has 0 unspecified atom stereocenters. The van der Waals surface area contributed by atoms with E-state index in [1.165, 1.54) is 12.1 Å². The van der Waals surface area contributed by atoms with E-state index in [2.05, 4.69) is 10.1 Å². The Morgan fingerprint density at radius 2 is 1.79 bits per heavy atom. The van der Waals surface area contributed by atoms with E-state index in [-0.39, 0.29) is 12.4 Å². The number of carbonyl (C=O) groups is 1. The number of rotatable bonds is 4. The largest absolute Gasteiger partial charge is 0.462 e. The topological polar surface area (TPSA) is 56.5 Å². The van der Waals surface area contributed by atoms with Crippen LogP contribution in [0.4, 0.5) is 4.39 Å². The number of aromatic nitrogens is 3. The minimum Gasteiger partial charge on any atom is -0.462 e. The quantitative estimate of drug-likeness (QED) is 0.486. The van der Waals surface area contributed by atoms with Crippen molar-refractivity contribution in [2.45, 2.75) is 13.8 Å². The Hall–Kier alpha value is -3.54. The van der Waals surface area contributed by atoms with Crippen molar-refractivity contribution in [1.82, 2.24) is 14.6 Å². The van der Waals surface area contributed by atoms with Crippen molar-refractivity contribution in [3.8, 4) is 22.4 Å². The summed E-state index contributed by atoms with van der Waals surface area (Å²) in [6, 6.07) is 15.9. The smallest absolute Gasteiger partial charge is 0.343 e. The van der Waals surface area contributed by atoms with Crippen LogP contribution in [-0.2, 0) is 4.74 Å². The van der Waals surface area contributed by atoms with E-state index in [4.69, 9.17) is 4.74 Å². The van der Waals surface area contributed by atoms with Gasteiger partial charge < -0.3 is 4.74 Å². The fourth-order valence-corrected chi connectivity index (χ4v) is 3.25. The highest BCUT2D eigenvalue weighted by Gasteiger charge is 2.23. The first kappa shape index (κ1) is 17.9. The van der Waals surface area contributed by atoms with Crippen LogP contribution >= 0.6 is 0 Å². The highest BCUT2D eigenvalue weighted by atomic mass is 19.1. The molecule has 6 heteroatoms. The van der Waals surface area contributed by atoms with Crippen LogP contribution in [0.5, 0.6) is 0 Å². The lowest BCUT2D eigenvalue weighted by molar-refractivity contribution is 0.0527. The van der Waals surface area contributed by atoms with Gasteiger partial charge in [0.2, 0.25) is 0 Å². The van der Waals surface area contributed by atoms with E-state index in [0.717, 1.165) is 22.4 Å². The third-order valence-corrected chi connectivity index (χ3v) is 4.50. The van der Waals surface area contributed by atoms with Crippen LogP contribution in [0, 0.1) is 12.7 Å². The lowest BCUT2D eigenvalue weighted by Crippen LogP contribution is -2.07. The van der Waals surface area contributed by atoms with Gasteiger partial charge in [-0.15, -0.1) is 0 Å². The fraction of sp³-hybridized carbons (Fsp3) is 0.136. The zero-order valence-corrected chi connectivity index (χ0v) is 15.5. The van der Waals surface area contributed by atoms with Crippen molar-refractivity contribution >= 4 is 11.6 Å². The summed E-state index contributed by atoms with van der Waals surface area (Å²) in [6.45, 7) is 3.79. The molecule has 5 nitrogen and oxygen atoms in total. The minimum absolute atomic E-state index is 0.273. The van der Waals surface area contributed by atoms with Gasteiger partial charge in [-0.3, -0.25) is 0 Å². The van der Waals surface area contributed by atoms with Gasteiger partial charge in [-0.2, -0.15) is 5.10 Å². The van der Waals surface area contributed by atoms with Gasteiger partial charge in [0.15, 0.2) is 5.65 Å². The van der Waals surface area contributed by atoms with Gasteiger partial charge in [-0.1, -0.05) is 42.5 Å². The third kappa shape index (κ3) is 3.03. The molecule has 0 aliphatic heterocycles. The average Bonchev–Trinajstić information content (AvgIpc) is 3.04. The monoisotopic (exact) mass is 375 g/mol. The van der Waals surface area contributed by atoms with Crippen LogP contribution in [0.15, 0.2) is 60.8 Å². The van der Waals surface area contributed by atoms with Gasteiger partial charge in [-0.25, -0.2) is 18.7 Å². The molecule has 28 heavy (non-hydrogen) atoms. The third-order valence-electron chi connectivity index (χ3n) is 4.50. The van der Waals surface area contributed by atoms with Crippen molar-refractivity contribution in [3.05, 3.63) is 77.9 Å². The predicted molar refractivity (Wildman–Crippen MR) is 105 cm³/mol. The van der Waals surface area contributed by atoms with Crippen molar-refractivity contribution in [3.63, 3.8) is 0 Å². The van der Waals surface area contributed by atoms with E-state index in [1.807, 2.05) is 30.3 Å². The molecule has 0 atom stereocenters. The summed E-state index contributed by atoms with van der Waals surface area (Å²) in [7, 11) is 0. The molecule has 0 aliphatic carbocycles. The van der Waals surface area contributed by atoms with Crippen LogP contribution in [0.1, 0.15) is 23.0 Å². The molecule has 0 fully saturated rings. The van der Waals surface area contributed by atoms with E-state index >= 15 is 0 Å². The lowest BCUT2D eigenvalue weighted by atomic mass is 10.0. The number of fused-ring (bicyclic) bond motifs is 1. The Morgan fingerprint density at radius 3 is 2.46 bits per heavy atom. The number of nitrogens with zero attached hydrogens (tertiary/aromatic N) is 3. The number of benzene rings is 2. The molecule has 0 saturated carbocycles. The maximum absolute atomic E-state index is 13.4. The molecule has 140 valence electrons. The number of hydrogen-bond acceptors (Lipinski definition) is 4. The van der Waals surface area contributed by atoms with Gasteiger partial charge >= 0.3 is 5.97 Å². The van der Waals surface area contributed by atoms with Crippen molar-refractivity contribution < 1.29 is 13.9 Å². The molecule has 4 aromatic rings. The Kier molecular flexibility index (Phi) is 4.61. The van der Waals surface area contributed by atoms with Crippen LogP contribution < -0.4 is 0 Å². The SMILES string of the molecule is CCOC(=O)c1c(C)nn2c(-c3ccccc3)c(-c3ccc(F)cc3)cnc12. The van der Waals surface area contributed by atoms with E-state index < -0.39 is 5.97 Å². The summed E-state index contributed by atoms with van der Waals surface area (Å²) < 4.78 is 20.2. The maximum Gasteiger partial charge on any atom is 0.343 e. The molecule has 0 aliphatic rings. The fourth-order valence-electron chi connectivity index (χ4n) is 3.25. The molecule has 2 aromatic heterocycles. The first-order valence-electron chi connectivity index (χ1n) is 8.97. The molecular formula is C22H18FN3O2. The molecule has 0 amide bonds. The summed E-state index contributed by atoms with van der Waals surface area (Å²) in [4.78, 5) is 16.9. The lowest BCUT2D eigenvalue weighted by Gasteiger charge is -2.12. The predicted octanol–water partition coefficient (Wildman–Crippen LogP) is 4.69. The number of hydrogen-bond donors (Lipinski definition) is 0. The number of carbonyl (C=O) groups excluding carboxylic acids is 1. The normalized spacial score (nSPS) is 11.0. The first-order valence-corrected chi connectivity index (χ1v) is 8.97. The van der Waals surface area contributed by atoms with E-state index in [9.17, 15) is 9.18 Å². The Labute approximate surface area is 161 Å². The van der Waals surface area contributed by atoms with Gasteiger partial charge in [0, 0.05) is 17.3 Å². The van der Waals surface area contributed by atoms with Crippen LogP contribution in [0.2, 0.25) is 0 Å². The van der Waals surface area contributed by atoms with Crippen molar-refractivity contribution in [2.24, 2.45) is 0 Å². The zero-order valence-electron chi connectivity index (χ0n) is 15.5. The molecule has 0 spiro atoms. The minimum atomic E-state index is -0.448. The Morgan fingerprint density at radius 1 is 1.07 bits per heavy atom. The molecule has 0 saturated heterocycles. The molecule has 0 bridgehead atoms. The van der Waals surface area contributed by atoms with Gasteiger partial charge in [-0.05, 0) is 31.5 Å². The molecule has 0 radical (unpaired) electrons. The van der Waals surface area contributed by atoms with E-state index in [1.54, 1.807) is 36.7 Å². The Bertz CT molecular complexity index is 1150. The summed E-state index contributed by atoms with van der Waals surface area (Å²) in [6.07, 6.45) is 1.69. The molecule has 2 heterocycles. The summed E-state index contributed by atoms with van der Waals surface area (Å²) in [5, 5.41) is 4.58. The Balaban J connectivity index is 2.03.